The second kappa shape index (κ2) is 7.19. The number of nitrogens with one attached hydrogen (secondary N) is 1. The molecule has 1 rings (SSSR count). The van der Waals surface area contributed by atoms with Gasteiger partial charge in [-0.05, 0) is 24.6 Å². The van der Waals surface area contributed by atoms with Gasteiger partial charge in [-0.25, -0.2) is 0 Å². The summed E-state index contributed by atoms with van der Waals surface area (Å²) in [6.07, 6.45) is 3.24. The van der Waals surface area contributed by atoms with Crippen LogP contribution in [0.5, 0.6) is 0 Å². The quantitative estimate of drug-likeness (QED) is 0.740. The summed E-state index contributed by atoms with van der Waals surface area (Å²) in [5.41, 5.74) is -5.35. The fraction of sp³-hybridized carbons (Fsp3) is 0.833. The van der Waals surface area contributed by atoms with Crippen LogP contribution in [0.3, 0.4) is 0 Å². The predicted molar refractivity (Wildman–Crippen MR) is 69.3 cm³/mol. The number of thioether (sulfide) groups is 1. The lowest BCUT2D eigenvalue weighted by atomic mass is 9.71. The van der Waals surface area contributed by atoms with Crippen molar-refractivity contribution in [1.82, 2.24) is 5.32 Å². The molecule has 2 N–H and O–H groups in total. The van der Waals surface area contributed by atoms with E-state index in [2.05, 4.69) is 5.32 Å². The number of carbonyl (C=O) groups is 2. The number of aliphatic carboxylic acids is 1. The Morgan fingerprint density at radius 2 is 1.80 bits per heavy atom. The SMILES string of the molecule is O=C(CC1(C(=O)O)CCCCC1)NCCSC(F)(F)F. The van der Waals surface area contributed by atoms with Crippen molar-refractivity contribution in [1.29, 1.82) is 0 Å². The Bertz CT molecular complexity index is 354. The molecule has 1 aliphatic rings. The van der Waals surface area contributed by atoms with Crippen LogP contribution >= 0.6 is 11.8 Å². The molecule has 0 bridgehead atoms. The molecule has 0 saturated heterocycles. The first-order valence-corrected chi connectivity index (χ1v) is 7.44. The Labute approximate surface area is 119 Å². The van der Waals surface area contributed by atoms with Crippen LogP contribution in [-0.4, -0.2) is 34.8 Å². The Balaban J connectivity index is 2.37. The highest BCUT2D eigenvalue weighted by Gasteiger charge is 2.41. The molecule has 20 heavy (non-hydrogen) atoms. The number of amides is 1. The molecule has 8 heteroatoms. The van der Waals surface area contributed by atoms with E-state index in [-0.39, 0.29) is 30.5 Å². The first kappa shape index (κ1) is 17.1. The van der Waals surface area contributed by atoms with Gasteiger partial charge < -0.3 is 10.4 Å². The molecule has 0 aromatic rings. The topological polar surface area (TPSA) is 66.4 Å². The highest BCUT2D eigenvalue weighted by Crippen LogP contribution is 2.39. The van der Waals surface area contributed by atoms with Gasteiger partial charge in [-0.1, -0.05) is 19.3 Å². The van der Waals surface area contributed by atoms with Crippen molar-refractivity contribution in [2.75, 3.05) is 12.3 Å². The van der Waals surface area contributed by atoms with Crippen molar-refractivity contribution in [2.24, 2.45) is 5.41 Å². The van der Waals surface area contributed by atoms with Crippen LogP contribution in [0.15, 0.2) is 0 Å². The number of carbonyl (C=O) groups excluding carboxylic acids is 1. The first-order valence-electron chi connectivity index (χ1n) is 6.46. The number of carboxylic acid groups (broad SMARTS) is 1. The van der Waals surface area contributed by atoms with E-state index in [9.17, 15) is 27.9 Å². The Hall–Kier alpha value is -0.920. The minimum Gasteiger partial charge on any atom is -0.481 e. The molecular weight excluding hydrogens is 295 g/mol. The van der Waals surface area contributed by atoms with Crippen LogP contribution in [0, 0.1) is 5.41 Å². The highest BCUT2D eigenvalue weighted by molar-refractivity contribution is 8.00. The second-order valence-electron chi connectivity index (χ2n) is 4.97. The van der Waals surface area contributed by atoms with Crippen LogP contribution in [0.2, 0.25) is 0 Å². The summed E-state index contributed by atoms with van der Waals surface area (Å²) in [4.78, 5) is 23.0. The average Bonchev–Trinajstić information content (AvgIpc) is 2.34. The molecule has 1 fully saturated rings. The van der Waals surface area contributed by atoms with Crippen LogP contribution in [-0.2, 0) is 9.59 Å². The Morgan fingerprint density at radius 1 is 1.20 bits per heavy atom. The minimum absolute atomic E-state index is 0.112. The molecule has 0 aromatic carbocycles. The van der Waals surface area contributed by atoms with Crippen molar-refractivity contribution in [2.45, 2.75) is 44.0 Å². The maximum Gasteiger partial charge on any atom is 0.441 e. The smallest absolute Gasteiger partial charge is 0.441 e. The molecule has 116 valence electrons. The van der Waals surface area contributed by atoms with Gasteiger partial charge in [-0.15, -0.1) is 0 Å². The third-order valence-electron chi connectivity index (χ3n) is 3.45. The van der Waals surface area contributed by atoms with Crippen LogP contribution in [0.4, 0.5) is 13.2 Å². The van der Waals surface area contributed by atoms with Gasteiger partial charge in [0, 0.05) is 18.7 Å². The van der Waals surface area contributed by atoms with Crippen molar-refractivity contribution < 1.29 is 27.9 Å². The lowest BCUT2D eigenvalue weighted by molar-refractivity contribution is -0.154. The number of halogens is 3. The van der Waals surface area contributed by atoms with Gasteiger partial charge in [0.05, 0.1) is 5.41 Å². The normalized spacial score (nSPS) is 18.6. The van der Waals surface area contributed by atoms with E-state index >= 15 is 0 Å². The van der Waals surface area contributed by atoms with E-state index in [0.717, 1.165) is 19.3 Å². The third-order valence-corrected chi connectivity index (χ3v) is 4.19. The summed E-state index contributed by atoms with van der Waals surface area (Å²) in [5.74, 6) is -1.75. The summed E-state index contributed by atoms with van der Waals surface area (Å²) in [6, 6.07) is 0. The van der Waals surface area contributed by atoms with Gasteiger partial charge in [-0.2, -0.15) is 13.2 Å². The summed E-state index contributed by atoms with van der Waals surface area (Å²) in [5, 5.41) is 11.6. The van der Waals surface area contributed by atoms with Crippen molar-refractivity contribution in [3.8, 4) is 0 Å². The van der Waals surface area contributed by atoms with Crippen molar-refractivity contribution in [3.63, 3.8) is 0 Å². The standard InChI is InChI=1S/C12H18F3NO3S/c13-12(14,15)20-7-6-16-9(17)8-11(10(18)19)4-2-1-3-5-11/h1-8H2,(H,16,17)(H,18,19). The van der Waals surface area contributed by atoms with E-state index in [1.807, 2.05) is 0 Å². The van der Waals surface area contributed by atoms with E-state index in [0.29, 0.717) is 12.8 Å². The molecule has 1 saturated carbocycles. The zero-order valence-electron chi connectivity index (χ0n) is 11.0. The van der Waals surface area contributed by atoms with Crippen LogP contribution in [0.25, 0.3) is 0 Å². The zero-order valence-corrected chi connectivity index (χ0v) is 11.8. The number of hydrogen-bond acceptors (Lipinski definition) is 3. The fourth-order valence-electron chi connectivity index (χ4n) is 2.42. The van der Waals surface area contributed by atoms with Crippen molar-refractivity contribution >= 4 is 23.6 Å². The average molecular weight is 313 g/mol. The molecule has 0 aliphatic heterocycles. The third kappa shape index (κ3) is 5.60. The van der Waals surface area contributed by atoms with Gasteiger partial charge in [0.25, 0.3) is 0 Å². The molecule has 0 heterocycles. The molecule has 4 nitrogen and oxygen atoms in total. The zero-order chi connectivity index (χ0) is 15.2. The number of alkyl halides is 3. The monoisotopic (exact) mass is 313 g/mol. The van der Waals surface area contributed by atoms with Crippen molar-refractivity contribution in [3.05, 3.63) is 0 Å². The van der Waals surface area contributed by atoms with Gasteiger partial charge >= 0.3 is 11.5 Å². The van der Waals surface area contributed by atoms with Gasteiger partial charge in [-0.3, -0.25) is 9.59 Å². The lowest BCUT2D eigenvalue weighted by Gasteiger charge is -2.32. The summed E-state index contributed by atoms with van der Waals surface area (Å²) in [6.45, 7) is -0.112. The van der Waals surface area contributed by atoms with E-state index in [4.69, 9.17) is 0 Å². The maximum atomic E-state index is 11.9. The number of carboxylic acids is 1. The number of hydrogen-bond donors (Lipinski definition) is 2. The molecule has 0 spiro atoms. The van der Waals surface area contributed by atoms with Gasteiger partial charge in [0.1, 0.15) is 0 Å². The molecule has 0 atom stereocenters. The molecule has 1 aliphatic carbocycles. The lowest BCUT2D eigenvalue weighted by Crippen LogP contribution is -2.39. The maximum absolute atomic E-state index is 11.9. The largest absolute Gasteiger partial charge is 0.481 e. The molecule has 0 aromatic heterocycles. The summed E-state index contributed by atoms with van der Waals surface area (Å²) in [7, 11) is 0. The van der Waals surface area contributed by atoms with E-state index in [1.165, 1.54) is 0 Å². The molecule has 1 amide bonds. The number of rotatable bonds is 6. The van der Waals surface area contributed by atoms with Gasteiger partial charge in [0.2, 0.25) is 5.91 Å². The summed E-state index contributed by atoms with van der Waals surface area (Å²) < 4.78 is 35.7. The Kier molecular flexibility index (Phi) is 6.16. The van der Waals surface area contributed by atoms with Crippen LogP contribution in [0.1, 0.15) is 38.5 Å². The molecule has 0 radical (unpaired) electrons. The molecular formula is C12H18F3NO3S. The van der Waals surface area contributed by atoms with Gasteiger partial charge in [0.15, 0.2) is 0 Å². The molecule has 0 unspecified atom stereocenters. The summed E-state index contributed by atoms with van der Waals surface area (Å²) >= 11 is -0.204. The highest BCUT2D eigenvalue weighted by atomic mass is 32.2. The minimum atomic E-state index is -4.31. The fourth-order valence-corrected chi connectivity index (χ4v) is 2.86. The Morgan fingerprint density at radius 3 is 2.30 bits per heavy atom. The van der Waals surface area contributed by atoms with E-state index in [1.54, 1.807) is 0 Å². The predicted octanol–water partition coefficient (Wildman–Crippen LogP) is 2.78. The first-order chi connectivity index (χ1) is 9.25. The van der Waals surface area contributed by atoms with E-state index < -0.39 is 22.8 Å². The second-order valence-corrected chi connectivity index (χ2v) is 6.13. The van der Waals surface area contributed by atoms with Crippen LogP contribution < -0.4 is 5.32 Å².